The van der Waals surface area contributed by atoms with Gasteiger partial charge in [-0.3, -0.25) is 0 Å². The average molecular weight is 299 g/mol. The van der Waals surface area contributed by atoms with Gasteiger partial charge in [-0.1, -0.05) is 12.1 Å². The lowest BCUT2D eigenvalue weighted by atomic mass is 10.3. The molecule has 1 saturated carbocycles. The van der Waals surface area contributed by atoms with Crippen LogP contribution in [-0.2, 0) is 13.6 Å². The van der Waals surface area contributed by atoms with Crippen LogP contribution in [0.4, 0.5) is 10.5 Å². The summed E-state index contributed by atoms with van der Waals surface area (Å²) in [6.45, 7) is 0.620. The summed E-state index contributed by atoms with van der Waals surface area (Å²) in [4.78, 5) is 14.6. The molecule has 5 nitrogen and oxygen atoms in total. The van der Waals surface area contributed by atoms with E-state index < -0.39 is 0 Å². The number of para-hydroxylation sites is 2. The molecular weight excluding hydrogens is 278 g/mol. The Morgan fingerprint density at radius 3 is 2.73 bits per heavy atom. The maximum Gasteiger partial charge on any atom is 0.322 e. The zero-order valence-corrected chi connectivity index (χ0v) is 13.0. The normalized spacial score (nSPS) is 13.7. The van der Waals surface area contributed by atoms with E-state index >= 15 is 0 Å². The van der Waals surface area contributed by atoms with Crippen LogP contribution in [0.3, 0.4) is 0 Å². The minimum absolute atomic E-state index is 0.0757. The summed E-state index contributed by atoms with van der Waals surface area (Å²) in [5, 5.41) is 2.97. The molecule has 22 heavy (non-hydrogen) atoms. The van der Waals surface area contributed by atoms with Gasteiger partial charge in [-0.15, -0.1) is 0 Å². The van der Waals surface area contributed by atoms with E-state index in [0.717, 1.165) is 18.5 Å². The largest absolute Gasteiger partial charge is 0.495 e. The average Bonchev–Trinajstić information content (AvgIpc) is 3.28. The van der Waals surface area contributed by atoms with Gasteiger partial charge in [0.25, 0.3) is 0 Å². The number of nitrogens with one attached hydrogen (secondary N) is 1. The Bertz CT molecular complexity index is 661. The van der Waals surface area contributed by atoms with E-state index in [9.17, 15) is 4.79 Å². The Morgan fingerprint density at radius 2 is 2.09 bits per heavy atom. The second-order valence-electron chi connectivity index (χ2n) is 5.60. The highest BCUT2D eigenvalue weighted by Gasteiger charge is 2.33. The lowest BCUT2D eigenvalue weighted by Crippen LogP contribution is -2.36. The van der Waals surface area contributed by atoms with Crippen molar-refractivity contribution in [3.8, 4) is 5.75 Å². The second-order valence-corrected chi connectivity index (χ2v) is 5.60. The monoisotopic (exact) mass is 299 g/mol. The Morgan fingerprint density at radius 1 is 1.32 bits per heavy atom. The second kappa shape index (κ2) is 6.13. The summed E-state index contributed by atoms with van der Waals surface area (Å²) < 4.78 is 7.34. The van der Waals surface area contributed by atoms with Gasteiger partial charge in [0.2, 0.25) is 0 Å². The third kappa shape index (κ3) is 3.08. The van der Waals surface area contributed by atoms with E-state index in [0.29, 0.717) is 24.0 Å². The molecule has 1 aliphatic rings. The molecule has 0 spiro atoms. The van der Waals surface area contributed by atoms with E-state index in [1.165, 1.54) is 0 Å². The number of amides is 2. The summed E-state index contributed by atoms with van der Waals surface area (Å²) in [6, 6.07) is 11.8. The molecule has 1 aromatic heterocycles. The van der Waals surface area contributed by atoms with Crippen molar-refractivity contribution in [3.63, 3.8) is 0 Å². The number of benzene rings is 1. The number of carbonyl (C=O) groups is 1. The predicted molar refractivity (Wildman–Crippen MR) is 86.0 cm³/mol. The fraction of sp³-hybridized carbons (Fsp3) is 0.353. The van der Waals surface area contributed by atoms with Gasteiger partial charge in [-0.25, -0.2) is 4.79 Å². The summed E-state index contributed by atoms with van der Waals surface area (Å²) in [5.74, 6) is 0.672. The molecule has 2 amide bonds. The number of aryl methyl sites for hydroxylation is 1. The molecular formula is C17H21N3O2. The molecule has 0 unspecified atom stereocenters. The smallest absolute Gasteiger partial charge is 0.322 e. The van der Waals surface area contributed by atoms with E-state index in [4.69, 9.17) is 4.74 Å². The first-order valence-corrected chi connectivity index (χ1v) is 7.50. The van der Waals surface area contributed by atoms with Gasteiger partial charge in [-0.2, -0.15) is 0 Å². The van der Waals surface area contributed by atoms with Crippen LogP contribution < -0.4 is 10.1 Å². The number of ether oxygens (including phenoxy) is 1. The molecule has 1 N–H and O–H groups in total. The maximum atomic E-state index is 12.6. The Labute approximate surface area is 130 Å². The van der Waals surface area contributed by atoms with Crippen LogP contribution in [-0.4, -0.2) is 28.6 Å². The van der Waals surface area contributed by atoms with Crippen molar-refractivity contribution in [2.75, 3.05) is 12.4 Å². The highest BCUT2D eigenvalue weighted by molar-refractivity contribution is 5.91. The first kappa shape index (κ1) is 14.5. The van der Waals surface area contributed by atoms with E-state index in [-0.39, 0.29) is 6.03 Å². The lowest BCUT2D eigenvalue weighted by molar-refractivity contribution is 0.204. The number of methoxy groups -OCH3 is 1. The van der Waals surface area contributed by atoms with Crippen LogP contribution in [0.1, 0.15) is 18.5 Å². The molecule has 0 radical (unpaired) electrons. The maximum absolute atomic E-state index is 12.6. The highest BCUT2D eigenvalue weighted by Crippen LogP contribution is 2.30. The van der Waals surface area contributed by atoms with Crippen molar-refractivity contribution in [2.24, 2.45) is 7.05 Å². The van der Waals surface area contributed by atoms with E-state index in [2.05, 4.69) is 5.32 Å². The zero-order valence-electron chi connectivity index (χ0n) is 13.0. The van der Waals surface area contributed by atoms with Crippen molar-refractivity contribution in [3.05, 3.63) is 48.3 Å². The molecule has 116 valence electrons. The quantitative estimate of drug-likeness (QED) is 0.921. The number of anilines is 1. The summed E-state index contributed by atoms with van der Waals surface area (Å²) in [5.41, 5.74) is 1.83. The molecule has 1 aliphatic carbocycles. The summed E-state index contributed by atoms with van der Waals surface area (Å²) >= 11 is 0. The van der Waals surface area contributed by atoms with Crippen molar-refractivity contribution < 1.29 is 9.53 Å². The number of urea groups is 1. The summed E-state index contributed by atoms with van der Waals surface area (Å²) in [6.07, 6.45) is 4.14. The van der Waals surface area contributed by atoms with Gasteiger partial charge in [-0.05, 0) is 37.1 Å². The minimum atomic E-state index is -0.0757. The van der Waals surface area contributed by atoms with Gasteiger partial charge in [0.15, 0.2) is 0 Å². The number of aromatic nitrogens is 1. The SMILES string of the molecule is COc1ccccc1NC(=O)N(Cc1cccn1C)C1CC1. The van der Waals surface area contributed by atoms with Gasteiger partial charge >= 0.3 is 6.03 Å². The van der Waals surface area contributed by atoms with Crippen LogP contribution in [0.25, 0.3) is 0 Å². The number of carbonyl (C=O) groups excluding carboxylic acids is 1. The van der Waals surface area contributed by atoms with Gasteiger partial charge < -0.3 is 19.5 Å². The molecule has 1 heterocycles. The lowest BCUT2D eigenvalue weighted by Gasteiger charge is -2.23. The number of rotatable bonds is 5. The van der Waals surface area contributed by atoms with E-state index in [1.54, 1.807) is 7.11 Å². The van der Waals surface area contributed by atoms with Crippen LogP contribution in [0.5, 0.6) is 5.75 Å². The fourth-order valence-corrected chi connectivity index (χ4v) is 2.52. The first-order valence-electron chi connectivity index (χ1n) is 7.50. The molecule has 1 aromatic carbocycles. The standard InChI is InChI=1S/C17H21N3O2/c1-19-11-5-6-14(19)12-20(13-9-10-13)17(21)18-15-7-3-4-8-16(15)22-2/h3-8,11,13H,9-10,12H2,1-2H3,(H,18,21). The molecule has 5 heteroatoms. The third-order valence-corrected chi connectivity index (χ3v) is 3.98. The molecule has 2 aromatic rings. The highest BCUT2D eigenvalue weighted by atomic mass is 16.5. The van der Waals surface area contributed by atoms with Crippen LogP contribution >= 0.6 is 0 Å². The molecule has 0 bridgehead atoms. The van der Waals surface area contributed by atoms with Crippen LogP contribution in [0.2, 0.25) is 0 Å². The number of nitrogens with zero attached hydrogens (tertiary/aromatic N) is 2. The Hall–Kier alpha value is -2.43. The van der Waals surface area contributed by atoms with Gasteiger partial charge in [0, 0.05) is 25.0 Å². The Kier molecular flexibility index (Phi) is 4.04. The van der Waals surface area contributed by atoms with Crippen molar-refractivity contribution in [2.45, 2.75) is 25.4 Å². The van der Waals surface area contributed by atoms with Crippen molar-refractivity contribution in [1.82, 2.24) is 9.47 Å². The van der Waals surface area contributed by atoms with Gasteiger partial charge in [0.05, 0.1) is 19.3 Å². The molecule has 1 fully saturated rings. The molecule has 0 aliphatic heterocycles. The van der Waals surface area contributed by atoms with Gasteiger partial charge in [0.1, 0.15) is 5.75 Å². The topological polar surface area (TPSA) is 46.5 Å². The Balaban J connectivity index is 1.74. The first-order chi connectivity index (χ1) is 10.7. The number of hydrogen-bond donors (Lipinski definition) is 1. The minimum Gasteiger partial charge on any atom is -0.495 e. The van der Waals surface area contributed by atoms with E-state index in [1.807, 2.05) is 59.1 Å². The van der Waals surface area contributed by atoms with Crippen LogP contribution in [0.15, 0.2) is 42.6 Å². The number of hydrogen-bond acceptors (Lipinski definition) is 2. The predicted octanol–water partition coefficient (Wildman–Crippen LogP) is 3.23. The van der Waals surface area contributed by atoms with Crippen molar-refractivity contribution in [1.29, 1.82) is 0 Å². The molecule has 0 atom stereocenters. The van der Waals surface area contributed by atoms with Crippen LogP contribution in [0, 0.1) is 0 Å². The summed E-state index contributed by atoms with van der Waals surface area (Å²) in [7, 11) is 3.60. The third-order valence-electron chi connectivity index (χ3n) is 3.98. The molecule has 3 rings (SSSR count). The molecule has 0 saturated heterocycles. The zero-order chi connectivity index (χ0) is 15.5. The van der Waals surface area contributed by atoms with Crippen molar-refractivity contribution >= 4 is 11.7 Å². The fourth-order valence-electron chi connectivity index (χ4n) is 2.52.